The summed E-state index contributed by atoms with van der Waals surface area (Å²) in [6.07, 6.45) is 11.4. The van der Waals surface area contributed by atoms with E-state index in [1.54, 1.807) is 11.8 Å². The van der Waals surface area contributed by atoms with Crippen LogP contribution in [0, 0.1) is 11.8 Å². The highest BCUT2D eigenvalue weighted by molar-refractivity contribution is 6.32. The predicted octanol–water partition coefficient (Wildman–Crippen LogP) is 3.60. The molecule has 216 valence electrons. The van der Waals surface area contributed by atoms with Gasteiger partial charge in [-0.2, -0.15) is 0 Å². The van der Waals surface area contributed by atoms with Gasteiger partial charge in [-0.05, 0) is 44.7 Å². The van der Waals surface area contributed by atoms with Crippen LogP contribution < -0.4 is 10.5 Å². The number of ether oxygens (including phenoxy) is 1. The summed E-state index contributed by atoms with van der Waals surface area (Å²) in [5, 5.41) is 0. The number of nitrogens with zero attached hydrogens (tertiary/aromatic N) is 5. The van der Waals surface area contributed by atoms with E-state index in [9.17, 15) is 14.4 Å². The van der Waals surface area contributed by atoms with E-state index in [1.807, 2.05) is 28.8 Å². The highest BCUT2D eigenvalue weighted by Crippen LogP contribution is 2.34. The van der Waals surface area contributed by atoms with E-state index in [2.05, 4.69) is 9.80 Å². The molecule has 1 amide bonds. The minimum absolute atomic E-state index is 0.00235. The average molecular weight is 550 g/mol. The summed E-state index contributed by atoms with van der Waals surface area (Å²) in [5.74, 6) is -0.379. The number of para-hydroxylation sites is 2. The van der Waals surface area contributed by atoms with E-state index in [0.29, 0.717) is 38.0 Å². The smallest absolute Gasteiger partial charge is 0.397 e. The van der Waals surface area contributed by atoms with Gasteiger partial charge in [-0.3, -0.25) is 9.59 Å². The van der Waals surface area contributed by atoms with Crippen molar-refractivity contribution in [3.63, 3.8) is 0 Å². The Hall–Kier alpha value is -2.94. The van der Waals surface area contributed by atoms with Crippen molar-refractivity contribution in [3.05, 3.63) is 34.6 Å². The Bertz CT molecular complexity index is 1260. The van der Waals surface area contributed by atoms with E-state index < -0.39 is 11.9 Å². The molecule has 3 saturated heterocycles. The lowest BCUT2D eigenvalue weighted by Gasteiger charge is -2.39. The first-order valence-corrected chi connectivity index (χ1v) is 15.5. The van der Waals surface area contributed by atoms with Crippen molar-refractivity contribution in [2.75, 3.05) is 50.8 Å². The maximum atomic E-state index is 14.1. The normalized spacial score (nSPS) is 25.1. The fraction of sp³-hybridized carbons (Fsp3) is 0.677. The summed E-state index contributed by atoms with van der Waals surface area (Å²) in [6, 6.07) is 8.90. The second-order valence-corrected chi connectivity index (χ2v) is 12.2. The molecule has 1 saturated carbocycles. The molecule has 2 aromatic rings. The molecule has 2 unspecified atom stereocenters. The number of hydrogen-bond donors (Lipinski definition) is 0. The zero-order valence-electron chi connectivity index (χ0n) is 23.8. The maximum absolute atomic E-state index is 14.1. The van der Waals surface area contributed by atoms with E-state index >= 15 is 0 Å². The Morgan fingerprint density at radius 1 is 0.875 bits per heavy atom. The summed E-state index contributed by atoms with van der Waals surface area (Å²) in [6.45, 7) is 6.35. The second-order valence-electron chi connectivity index (χ2n) is 12.2. The molecule has 6 rings (SSSR count). The summed E-state index contributed by atoms with van der Waals surface area (Å²) in [4.78, 5) is 49.8. The average Bonchev–Trinajstić information content (AvgIpc) is 3.52. The fourth-order valence-electron chi connectivity index (χ4n) is 7.67. The molecule has 0 N–H and O–H groups in total. The number of carbonyl (C=O) groups is 2. The molecule has 4 aliphatic rings. The van der Waals surface area contributed by atoms with Crippen LogP contribution in [0.15, 0.2) is 29.1 Å². The largest absolute Gasteiger partial charge is 0.459 e. The number of amides is 1. The molecule has 0 bridgehead atoms. The third-order valence-electron chi connectivity index (χ3n) is 9.76. The molecule has 2 atom stereocenters. The van der Waals surface area contributed by atoms with Crippen molar-refractivity contribution < 1.29 is 14.3 Å². The molecule has 1 aliphatic carbocycles. The van der Waals surface area contributed by atoms with Crippen LogP contribution in [0.2, 0.25) is 0 Å². The molecule has 9 nitrogen and oxygen atoms in total. The highest BCUT2D eigenvalue weighted by atomic mass is 16.5. The van der Waals surface area contributed by atoms with Gasteiger partial charge in [0.15, 0.2) is 5.82 Å². The van der Waals surface area contributed by atoms with Gasteiger partial charge in [-0.25, -0.2) is 9.78 Å². The zero-order valence-corrected chi connectivity index (χ0v) is 23.8. The molecule has 1 aromatic heterocycles. The van der Waals surface area contributed by atoms with E-state index in [4.69, 9.17) is 9.72 Å². The topological polar surface area (TPSA) is 88.0 Å². The summed E-state index contributed by atoms with van der Waals surface area (Å²) < 4.78 is 6.95. The standard InChI is InChI=1S/C31H43N5O4/c1-2-40-31(39)30(38)35-20-22-18-34(19-23(22)21-35)28-29(37)36(27-13-9-8-12-26(27)32-28)25-14-16-33(17-15-25)24-10-6-4-3-5-7-11-24/h8-9,12-13,22-25H,2-7,10-11,14-21H2,1H3. The molecule has 3 aliphatic heterocycles. The van der Waals surface area contributed by atoms with E-state index in [-0.39, 0.29) is 30.0 Å². The molecular formula is C31H43N5O4. The van der Waals surface area contributed by atoms with Gasteiger partial charge in [0.05, 0.1) is 17.6 Å². The van der Waals surface area contributed by atoms with Crippen LogP contribution >= 0.6 is 0 Å². The molecule has 1 aromatic carbocycles. The number of fused-ring (bicyclic) bond motifs is 2. The second kappa shape index (κ2) is 11.9. The lowest BCUT2D eigenvalue weighted by molar-refractivity contribution is -0.159. The van der Waals surface area contributed by atoms with Gasteiger partial charge in [0.2, 0.25) is 0 Å². The number of carbonyl (C=O) groups excluding carboxylic acids is 2. The first-order chi connectivity index (χ1) is 19.5. The molecule has 0 spiro atoms. The number of esters is 1. The lowest BCUT2D eigenvalue weighted by atomic mass is 9.93. The van der Waals surface area contributed by atoms with Crippen LogP contribution in [0.3, 0.4) is 0 Å². The van der Waals surface area contributed by atoms with Gasteiger partial charge in [-0.1, -0.05) is 44.2 Å². The summed E-state index contributed by atoms with van der Waals surface area (Å²) >= 11 is 0. The number of likely N-dealkylation sites (tertiary alicyclic amines) is 2. The van der Waals surface area contributed by atoms with Crippen molar-refractivity contribution >= 4 is 28.7 Å². The Kier molecular flexibility index (Phi) is 8.10. The van der Waals surface area contributed by atoms with Gasteiger partial charge in [0, 0.05) is 63.2 Å². The molecule has 4 heterocycles. The van der Waals surface area contributed by atoms with Crippen molar-refractivity contribution in [1.29, 1.82) is 0 Å². The van der Waals surface area contributed by atoms with Crippen LogP contribution in [-0.2, 0) is 14.3 Å². The Labute approximate surface area is 236 Å². The maximum Gasteiger partial charge on any atom is 0.397 e. The minimum Gasteiger partial charge on any atom is -0.459 e. The van der Waals surface area contributed by atoms with Gasteiger partial charge in [0.25, 0.3) is 5.56 Å². The minimum atomic E-state index is -0.779. The van der Waals surface area contributed by atoms with Crippen molar-refractivity contribution in [3.8, 4) is 0 Å². The van der Waals surface area contributed by atoms with Crippen LogP contribution in [0.1, 0.15) is 70.8 Å². The van der Waals surface area contributed by atoms with Crippen molar-refractivity contribution in [1.82, 2.24) is 19.4 Å². The van der Waals surface area contributed by atoms with Crippen molar-refractivity contribution in [2.24, 2.45) is 11.8 Å². The third-order valence-corrected chi connectivity index (χ3v) is 9.76. The first kappa shape index (κ1) is 27.2. The number of rotatable bonds is 4. The number of benzene rings is 1. The molecule has 9 heteroatoms. The SMILES string of the molecule is CCOC(=O)C(=O)N1CC2CN(c3nc4ccccc4n(C4CCN(C5CCCCCCC5)CC4)c3=O)CC2C1. The summed E-state index contributed by atoms with van der Waals surface area (Å²) in [7, 11) is 0. The molecule has 4 fully saturated rings. The number of anilines is 1. The van der Waals surface area contributed by atoms with Gasteiger partial charge < -0.3 is 24.0 Å². The summed E-state index contributed by atoms with van der Waals surface area (Å²) in [5.41, 5.74) is 1.78. The van der Waals surface area contributed by atoms with Crippen molar-refractivity contribution in [2.45, 2.75) is 76.8 Å². The fourth-order valence-corrected chi connectivity index (χ4v) is 7.67. The molecule has 0 radical (unpaired) electrons. The Morgan fingerprint density at radius 3 is 2.20 bits per heavy atom. The molecule has 40 heavy (non-hydrogen) atoms. The highest BCUT2D eigenvalue weighted by Gasteiger charge is 2.44. The van der Waals surface area contributed by atoms with E-state index in [1.165, 1.54) is 44.9 Å². The van der Waals surface area contributed by atoms with Gasteiger partial charge >= 0.3 is 11.9 Å². The monoisotopic (exact) mass is 549 g/mol. The van der Waals surface area contributed by atoms with Gasteiger partial charge in [0.1, 0.15) is 0 Å². The van der Waals surface area contributed by atoms with Crippen LogP contribution in [0.25, 0.3) is 11.0 Å². The van der Waals surface area contributed by atoms with Crippen LogP contribution in [-0.4, -0.2) is 83.1 Å². The number of aromatic nitrogens is 2. The first-order valence-electron chi connectivity index (χ1n) is 15.5. The Balaban J connectivity index is 1.18. The number of piperidine rings is 1. The van der Waals surface area contributed by atoms with Gasteiger partial charge in [-0.15, -0.1) is 0 Å². The third kappa shape index (κ3) is 5.37. The van der Waals surface area contributed by atoms with Crippen LogP contribution in [0.5, 0.6) is 0 Å². The van der Waals surface area contributed by atoms with Crippen LogP contribution in [0.4, 0.5) is 5.82 Å². The van der Waals surface area contributed by atoms with E-state index in [0.717, 1.165) is 37.0 Å². The zero-order chi connectivity index (χ0) is 27.6. The lowest BCUT2D eigenvalue weighted by Crippen LogP contribution is -2.44. The molecular weight excluding hydrogens is 506 g/mol. The quantitative estimate of drug-likeness (QED) is 0.425. The Morgan fingerprint density at radius 2 is 1.52 bits per heavy atom. The number of hydrogen-bond acceptors (Lipinski definition) is 7. The predicted molar refractivity (Wildman–Crippen MR) is 154 cm³/mol.